The van der Waals surface area contributed by atoms with E-state index < -0.39 is 27.9 Å². The van der Waals surface area contributed by atoms with Crippen molar-refractivity contribution in [2.24, 2.45) is 11.7 Å². The molecule has 1 aromatic rings. The van der Waals surface area contributed by atoms with Crippen LogP contribution >= 0.6 is 0 Å². The molecule has 0 aliphatic rings. The minimum Gasteiger partial charge on any atom is -0.346 e. The van der Waals surface area contributed by atoms with Crippen molar-refractivity contribution in [3.05, 3.63) is 24.3 Å². The van der Waals surface area contributed by atoms with Crippen molar-refractivity contribution in [1.82, 2.24) is 9.62 Å². The summed E-state index contributed by atoms with van der Waals surface area (Å²) < 4.78 is 25.2. The number of amides is 2. The molecule has 1 rings (SSSR count). The molecule has 0 aliphatic carbocycles. The Labute approximate surface area is 142 Å². The highest BCUT2D eigenvalue weighted by Gasteiger charge is 2.19. The first kappa shape index (κ1) is 20.1. The fourth-order valence-electron chi connectivity index (χ4n) is 1.74. The lowest BCUT2D eigenvalue weighted by Gasteiger charge is -2.15. The summed E-state index contributed by atoms with van der Waals surface area (Å²) in [4.78, 5) is 23.6. The topological polar surface area (TPSA) is 122 Å². The third-order valence-electron chi connectivity index (χ3n) is 3.34. The molecule has 24 heavy (non-hydrogen) atoms. The average Bonchev–Trinajstić information content (AvgIpc) is 2.51. The number of hydrogen-bond acceptors (Lipinski definition) is 5. The second kappa shape index (κ2) is 8.22. The van der Waals surface area contributed by atoms with Gasteiger partial charge in [-0.15, -0.1) is 0 Å². The van der Waals surface area contributed by atoms with Crippen LogP contribution in [0.1, 0.15) is 13.8 Å². The minimum atomic E-state index is -3.59. The van der Waals surface area contributed by atoms with Crippen LogP contribution in [0.2, 0.25) is 0 Å². The highest BCUT2D eigenvalue weighted by molar-refractivity contribution is 7.89. The Hall–Kier alpha value is -1.97. The van der Waals surface area contributed by atoms with E-state index in [9.17, 15) is 18.0 Å². The second-order valence-electron chi connectivity index (χ2n) is 5.85. The molecule has 0 radical (unpaired) electrons. The first-order chi connectivity index (χ1) is 11.1. The Balaban J connectivity index is 2.71. The van der Waals surface area contributed by atoms with Gasteiger partial charge in [0.2, 0.25) is 21.8 Å². The van der Waals surface area contributed by atoms with Gasteiger partial charge in [0.05, 0.1) is 17.5 Å². The summed E-state index contributed by atoms with van der Waals surface area (Å²) in [6.45, 7) is 3.37. The van der Waals surface area contributed by atoms with Crippen molar-refractivity contribution >= 4 is 27.5 Å². The first-order valence-corrected chi connectivity index (χ1v) is 8.85. The molecule has 1 atom stereocenters. The third kappa shape index (κ3) is 5.29. The van der Waals surface area contributed by atoms with Crippen LogP contribution in [0.5, 0.6) is 0 Å². The van der Waals surface area contributed by atoms with Crippen molar-refractivity contribution in [3.8, 4) is 0 Å². The third-order valence-corrected chi connectivity index (χ3v) is 5.15. The Morgan fingerprint density at radius 2 is 1.88 bits per heavy atom. The van der Waals surface area contributed by atoms with Crippen molar-refractivity contribution < 1.29 is 18.0 Å². The Kier molecular flexibility index (Phi) is 6.88. The Bertz CT molecular complexity index is 701. The molecule has 0 aromatic heterocycles. The van der Waals surface area contributed by atoms with Gasteiger partial charge in [-0.3, -0.25) is 9.59 Å². The van der Waals surface area contributed by atoms with Gasteiger partial charge in [0.25, 0.3) is 0 Å². The molecule has 134 valence electrons. The molecule has 4 N–H and O–H groups in total. The van der Waals surface area contributed by atoms with Gasteiger partial charge in [0, 0.05) is 19.8 Å². The summed E-state index contributed by atoms with van der Waals surface area (Å²) in [6.07, 6.45) is 0. The summed E-state index contributed by atoms with van der Waals surface area (Å²) in [5.74, 6) is -0.927. The zero-order valence-electron chi connectivity index (χ0n) is 14.2. The van der Waals surface area contributed by atoms with E-state index in [4.69, 9.17) is 5.73 Å². The average molecular weight is 356 g/mol. The number of nitrogens with two attached hydrogens (primary N) is 1. The van der Waals surface area contributed by atoms with Crippen molar-refractivity contribution in [3.63, 3.8) is 0 Å². The Morgan fingerprint density at radius 1 is 1.25 bits per heavy atom. The molecule has 2 amide bonds. The molecular weight excluding hydrogens is 332 g/mol. The van der Waals surface area contributed by atoms with Crippen LogP contribution in [0.25, 0.3) is 0 Å². The summed E-state index contributed by atoms with van der Waals surface area (Å²) in [5.41, 5.74) is 6.00. The molecule has 0 saturated heterocycles. The van der Waals surface area contributed by atoms with Crippen LogP contribution < -0.4 is 16.4 Å². The molecule has 1 aromatic carbocycles. The number of anilines is 1. The van der Waals surface area contributed by atoms with Crippen LogP contribution in [0.4, 0.5) is 5.69 Å². The molecule has 0 saturated carbocycles. The molecule has 0 unspecified atom stereocenters. The number of hydrogen-bond donors (Lipinski definition) is 3. The number of benzene rings is 1. The van der Waals surface area contributed by atoms with Crippen molar-refractivity contribution in [1.29, 1.82) is 0 Å². The first-order valence-electron chi connectivity index (χ1n) is 7.41. The fourth-order valence-corrected chi connectivity index (χ4v) is 2.69. The predicted octanol–water partition coefficient (Wildman–Crippen LogP) is -0.0251. The summed E-state index contributed by atoms with van der Waals surface area (Å²) in [5, 5.41) is 4.98. The maximum Gasteiger partial charge on any atom is 0.243 e. The monoisotopic (exact) mass is 356 g/mol. The molecule has 0 bridgehead atoms. The van der Waals surface area contributed by atoms with Gasteiger partial charge in [0.1, 0.15) is 0 Å². The van der Waals surface area contributed by atoms with Gasteiger partial charge in [0.15, 0.2) is 0 Å². The zero-order chi connectivity index (χ0) is 18.5. The number of sulfonamides is 1. The smallest absolute Gasteiger partial charge is 0.243 e. The van der Waals surface area contributed by atoms with E-state index in [1.807, 2.05) is 0 Å². The van der Waals surface area contributed by atoms with Gasteiger partial charge in [-0.1, -0.05) is 19.9 Å². The van der Waals surface area contributed by atoms with Crippen LogP contribution in [-0.2, 0) is 19.6 Å². The second-order valence-corrected chi connectivity index (χ2v) is 8.00. The maximum absolute atomic E-state index is 12.1. The Morgan fingerprint density at radius 3 is 2.42 bits per heavy atom. The van der Waals surface area contributed by atoms with Gasteiger partial charge >= 0.3 is 0 Å². The largest absolute Gasteiger partial charge is 0.346 e. The number of carbonyl (C=O) groups excluding carboxylic acids is 2. The van der Waals surface area contributed by atoms with Gasteiger partial charge in [-0.25, -0.2) is 12.7 Å². The van der Waals surface area contributed by atoms with Gasteiger partial charge in [-0.2, -0.15) is 0 Å². The lowest BCUT2D eigenvalue weighted by molar-refractivity contribution is -0.125. The molecule has 0 fully saturated rings. The lowest BCUT2D eigenvalue weighted by Crippen LogP contribution is -2.46. The van der Waals surface area contributed by atoms with E-state index in [1.165, 1.54) is 32.3 Å². The van der Waals surface area contributed by atoms with Crippen LogP contribution in [0, 0.1) is 5.92 Å². The molecule has 9 heteroatoms. The molecule has 0 aliphatic heterocycles. The number of carbonyl (C=O) groups is 2. The minimum absolute atomic E-state index is 0.0408. The predicted molar refractivity (Wildman–Crippen MR) is 91.8 cm³/mol. The van der Waals surface area contributed by atoms with E-state index in [-0.39, 0.29) is 17.4 Å². The highest BCUT2D eigenvalue weighted by atomic mass is 32.2. The normalized spacial score (nSPS) is 13.0. The highest BCUT2D eigenvalue weighted by Crippen LogP contribution is 2.17. The number of rotatable bonds is 7. The van der Waals surface area contributed by atoms with Crippen LogP contribution in [-0.4, -0.2) is 51.2 Å². The van der Waals surface area contributed by atoms with E-state index in [1.54, 1.807) is 19.9 Å². The summed E-state index contributed by atoms with van der Waals surface area (Å²) >= 11 is 0. The molecule has 0 spiro atoms. The van der Waals surface area contributed by atoms with Gasteiger partial charge < -0.3 is 16.4 Å². The molecular formula is C15H24N4O4S. The summed E-state index contributed by atoms with van der Waals surface area (Å²) in [7, 11) is -0.737. The standard InChI is InChI=1S/C15H24N4O4S/c1-10(2)14(16)15(21)17-9-13(20)18-11-6-5-7-12(8-11)24(22,23)19(3)4/h5-8,10,14H,9,16H2,1-4H3,(H,17,21)(H,18,20)/t14-/m0/s1. The maximum atomic E-state index is 12.1. The van der Waals surface area contributed by atoms with E-state index in [2.05, 4.69) is 10.6 Å². The van der Waals surface area contributed by atoms with E-state index in [0.29, 0.717) is 5.69 Å². The molecule has 8 nitrogen and oxygen atoms in total. The SMILES string of the molecule is CC(C)[C@H](N)C(=O)NCC(=O)Nc1cccc(S(=O)(=O)N(C)C)c1. The van der Waals surface area contributed by atoms with Crippen molar-refractivity contribution in [2.75, 3.05) is 26.0 Å². The number of nitrogens with zero attached hydrogens (tertiary/aromatic N) is 1. The van der Waals surface area contributed by atoms with Gasteiger partial charge in [-0.05, 0) is 24.1 Å². The van der Waals surface area contributed by atoms with Crippen LogP contribution in [0.15, 0.2) is 29.2 Å². The lowest BCUT2D eigenvalue weighted by atomic mass is 10.1. The zero-order valence-corrected chi connectivity index (χ0v) is 15.1. The van der Waals surface area contributed by atoms with E-state index in [0.717, 1.165) is 4.31 Å². The van der Waals surface area contributed by atoms with Crippen molar-refractivity contribution in [2.45, 2.75) is 24.8 Å². The fraction of sp³-hybridized carbons (Fsp3) is 0.467. The summed E-state index contributed by atoms with van der Waals surface area (Å²) in [6, 6.07) is 5.20. The number of nitrogens with one attached hydrogen (secondary N) is 2. The van der Waals surface area contributed by atoms with E-state index >= 15 is 0 Å². The molecule has 0 heterocycles. The van der Waals surface area contributed by atoms with Crippen LogP contribution in [0.3, 0.4) is 0 Å². The quantitative estimate of drug-likeness (QED) is 0.634.